The van der Waals surface area contributed by atoms with E-state index in [2.05, 4.69) is 27.7 Å². The molecule has 1 saturated heterocycles. The molecule has 25 heavy (non-hydrogen) atoms. The first-order valence-electron chi connectivity index (χ1n) is 8.38. The van der Waals surface area contributed by atoms with Crippen molar-refractivity contribution in [2.75, 3.05) is 31.6 Å². The van der Waals surface area contributed by atoms with Crippen molar-refractivity contribution in [3.8, 4) is 0 Å². The highest BCUT2D eigenvalue weighted by Crippen LogP contribution is 2.15. The highest BCUT2D eigenvalue weighted by atomic mass is 35.5. The number of anilines is 1. The molecule has 132 valence electrons. The molecule has 1 aliphatic heterocycles. The van der Waals surface area contributed by atoms with Crippen molar-refractivity contribution in [2.24, 2.45) is 0 Å². The van der Waals surface area contributed by atoms with Gasteiger partial charge in [-0.25, -0.2) is 4.79 Å². The first-order valence-corrected chi connectivity index (χ1v) is 8.76. The first-order chi connectivity index (χ1) is 12.2. The van der Waals surface area contributed by atoms with E-state index in [1.54, 1.807) is 24.3 Å². The maximum atomic E-state index is 12.1. The Morgan fingerprint density at radius 1 is 1.08 bits per heavy atom. The molecule has 2 aromatic carbocycles. The average molecular weight is 360 g/mol. The van der Waals surface area contributed by atoms with Crippen LogP contribution >= 0.6 is 11.6 Å². The van der Waals surface area contributed by atoms with Crippen molar-refractivity contribution in [3.05, 3.63) is 64.7 Å². The molecule has 0 aliphatic carbocycles. The highest BCUT2D eigenvalue weighted by molar-refractivity contribution is 6.30. The summed E-state index contributed by atoms with van der Waals surface area (Å²) in [4.78, 5) is 14.5. The number of carbonyl (C=O) groups is 1. The molecule has 0 saturated carbocycles. The molecular weight excluding hydrogens is 338 g/mol. The van der Waals surface area contributed by atoms with E-state index < -0.39 is 0 Å². The van der Waals surface area contributed by atoms with Crippen LogP contribution in [0.2, 0.25) is 5.02 Å². The highest BCUT2D eigenvalue weighted by Gasteiger charge is 2.13. The second-order valence-electron chi connectivity index (χ2n) is 5.98. The number of nitrogens with one attached hydrogen (secondary N) is 2. The fourth-order valence-electron chi connectivity index (χ4n) is 2.80. The molecule has 0 unspecified atom stereocenters. The number of nitrogens with zero attached hydrogens (tertiary/aromatic N) is 1. The second kappa shape index (κ2) is 8.85. The van der Waals surface area contributed by atoms with Crippen LogP contribution in [0.5, 0.6) is 0 Å². The van der Waals surface area contributed by atoms with E-state index in [0.717, 1.165) is 38.4 Å². The van der Waals surface area contributed by atoms with Crippen LogP contribution in [0.4, 0.5) is 10.5 Å². The molecule has 5 nitrogen and oxygen atoms in total. The van der Waals surface area contributed by atoms with Crippen LogP contribution in [0.3, 0.4) is 0 Å². The first kappa shape index (κ1) is 17.7. The zero-order chi connectivity index (χ0) is 17.5. The molecule has 2 amide bonds. The molecular formula is C19H22ClN3O2. The average Bonchev–Trinajstić information content (AvgIpc) is 2.62. The number of halogens is 1. The maximum absolute atomic E-state index is 12.1. The lowest BCUT2D eigenvalue weighted by molar-refractivity contribution is 0.0341. The molecule has 0 atom stereocenters. The van der Waals surface area contributed by atoms with Crippen molar-refractivity contribution < 1.29 is 9.53 Å². The Balaban J connectivity index is 1.56. The van der Waals surface area contributed by atoms with E-state index >= 15 is 0 Å². The predicted octanol–water partition coefficient (Wildman–Crippen LogP) is 3.49. The van der Waals surface area contributed by atoms with Crippen molar-refractivity contribution in [2.45, 2.75) is 13.1 Å². The van der Waals surface area contributed by atoms with Gasteiger partial charge in [0.25, 0.3) is 0 Å². The van der Waals surface area contributed by atoms with E-state index in [4.69, 9.17) is 16.3 Å². The standard InChI is InChI=1S/C19H22ClN3O2/c20-17-6-3-7-18(12-17)22-19(24)21-13-15-4-1-2-5-16(15)14-23-8-10-25-11-9-23/h1-7,12H,8-11,13-14H2,(H2,21,22,24). The molecule has 0 bridgehead atoms. The van der Waals surface area contributed by atoms with E-state index in [0.29, 0.717) is 17.3 Å². The van der Waals surface area contributed by atoms with Crippen LogP contribution in [-0.2, 0) is 17.8 Å². The lowest BCUT2D eigenvalue weighted by atomic mass is 10.1. The fourth-order valence-corrected chi connectivity index (χ4v) is 2.99. The summed E-state index contributed by atoms with van der Waals surface area (Å²) >= 11 is 5.93. The van der Waals surface area contributed by atoms with Gasteiger partial charge in [-0.1, -0.05) is 41.9 Å². The molecule has 0 radical (unpaired) electrons. The summed E-state index contributed by atoms with van der Waals surface area (Å²) in [5.41, 5.74) is 3.02. The Hall–Kier alpha value is -2.08. The van der Waals surface area contributed by atoms with Gasteiger partial charge in [0.15, 0.2) is 0 Å². The molecule has 1 aliphatic rings. The van der Waals surface area contributed by atoms with Crippen LogP contribution in [0, 0.1) is 0 Å². The molecule has 6 heteroatoms. The SMILES string of the molecule is O=C(NCc1ccccc1CN1CCOCC1)Nc1cccc(Cl)c1. The summed E-state index contributed by atoms with van der Waals surface area (Å²) < 4.78 is 5.40. The summed E-state index contributed by atoms with van der Waals surface area (Å²) in [7, 11) is 0. The molecule has 0 aromatic heterocycles. The maximum Gasteiger partial charge on any atom is 0.319 e. The molecule has 3 rings (SSSR count). The summed E-state index contributed by atoms with van der Waals surface area (Å²) in [6, 6.07) is 15.0. The van der Waals surface area contributed by atoms with Gasteiger partial charge in [-0.05, 0) is 29.3 Å². The van der Waals surface area contributed by atoms with Gasteiger partial charge in [0.1, 0.15) is 0 Å². The number of morpholine rings is 1. The summed E-state index contributed by atoms with van der Waals surface area (Å²) in [6.45, 7) is 4.79. The Labute approximate surface area is 152 Å². The number of ether oxygens (including phenoxy) is 1. The Morgan fingerprint density at radius 3 is 2.60 bits per heavy atom. The zero-order valence-corrected chi connectivity index (χ0v) is 14.8. The van der Waals surface area contributed by atoms with Crippen molar-refractivity contribution in [1.29, 1.82) is 0 Å². The largest absolute Gasteiger partial charge is 0.379 e. The summed E-state index contributed by atoms with van der Waals surface area (Å²) in [5, 5.41) is 6.29. The molecule has 2 aromatic rings. The Bertz CT molecular complexity index is 717. The Kier molecular flexibility index (Phi) is 6.28. The number of benzene rings is 2. The number of hydrogen-bond donors (Lipinski definition) is 2. The van der Waals surface area contributed by atoms with Gasteiger partial charge in [-0.3, -0.25) is 4.90 Å². The van der Waals surface area contributed by atoms with Crippen LogP contribution in [0.15, 0.2) is 48.5 Å². The van der Waals surface area contributed by atoms with Gasteiger partial charge < -0.3 is 15.4 Å². The number of rotatable bonds is 5. The topological polar surface area (TPSA) is 53.6 Å². The minimum atomic E-state index is -0.247. The third-order valence-corrected chi connectivity index (χ3v) is 4.37. The minimum Gasteiger partial charge on any atom is -0.379 e. The van der Waals surface area contributed by atoms with Gasteiger partial charge in [0.05, 0.1) is 13.2 Å². The number of urea groups is 1. The summed E-state index contributed by atoms with van der Waals surface area (Å²) in [5.74, 6) is 0. The van der Waals surface area contributed by atoms with E-state index in [9.17, 15) is 4.79 Å². The van der Waals surface area contributed by atoms with Crippen LogP contribution in [0.1, 0.15) is 11.1 Å². The number of carbonyl (C=O) groups excluding carboxylic acids is 1. The van der Waals surface area contributed by atoms with Crippen LogP contribution < -0.4 is 10.6 Å². The van der Waals surface area contributed by atoms with E-state index in [-0.39, 0.29) is 6.03 Å². The predicted molar refractivity (Wildman–Crippen MR) is 99.8 cm³/mol. The monoisotopic (exact) mass is 359 g/mol. The molecule has 1 heterocycles. The van der Waals surface area contributed by atoms with Gasteiger partial charge in [-0.2, -0.15) is 0 Å². The number of hydrogen-bond acceptors (Lipinski definition) is 3. The quantitative estimate of drug-likeness (QED) is 0.859. The normalized spacial score (nSPS) is 14.9. The smallest absolute Gasteiger partial charge is 0.319 e. The van der Waals surface area contributed by atoms with E-state index in [1.165, 1.54) is 5.56 Å². The third-order valence-electron chi connectivity index (χ3n) is 4.14. The van der Waals surface area contributed by atoms with Crippen LogP contribution in [-0.4, -0.2) is 37.2 Å². The fraction of sp³-hybridized carbons (Fsp3) is 0.316. The molecule has 2 N–H and O–H groups in total. The molecule has 0 spiro atoms. The van der Waals surface area contributed by atoms with Gasteiger partial charge in [0, 0.05) is 36.9 Å². The Morgan fingerprint density at radius 2 is 1.84 bits per heavy atom. The van der Waals surface area contributed by atoms with Crippen molar-refractivity contribution >= 4 is 23.3 Å². The van der Waals surface area contributed by atoms with Crippen LogP contribution in [0.25, 0.3) is 0 Å². The van der Waals surface area contributed by atoms with Gasteiger partial charge in [0.2, 0.25) is 0 Å². The lowest BCUT2D eigenvalue weighted by Crippen LogP contribution is -2.36. The lowest BCUT2D eigenvalue weighted by Gasteiger charge is -2.27. The zero-order valence-electron chi connectivity index (χ0n) is 14.0. The van der Waals surface area contributed by atoms with E-state index in [1.807, 2.05) is 12.1 Å². The third kappa shape index (κ3) is 5.46. The number of amides is 2. The van der Waals surface area contributed by atoms with Gasteiger partial charge in [-0.15, -0.1) is 0 Å². The summed E-state index contributed by atoms with van der Waals surface area (Å²) in [6.07, 6.45) is 0. The molecule has 1 fully saturated rings. The van der Waals surface area contributed by atoms with Crippen molar-refractivity contribution in [1.82, 2.24) is 10.2 Å². The minimum absolute atomic E-state index is 0.247. The van der Waals surface area contributed by atoms with Crippen molar-refractivity contribution in [3.63, 3.8) is 0 Å². The van der Waals surface area contributed by atoms with Gasteiger partial charge >= 0.3 is 6.03 Å². The second-order valence-corrected chi connectivity index (χ2v) is 6.41.